The van der Waals surface area contributed by atoms with Gasteiger partial charge in [-0.1, -0.05) is 0 Å². The first-order valence-electron chi connectivity index (χ1n) is 8.81. The van der Waals surface area contributed by atoms with Crippen LogP contribution in [-0.4, -0.2) is 21.1 Å². The molecule has 5 rings (SSSR count). The van der Waals surface area contributed by atoms with Gasteiger partial charge in [-0.15, -0.1) is 11.3 Å². The SMILES string of the molecule is O=c1[nH]c(-c2cc3ccsc3cn2)nc2ccc(OC3CCCC3)cc12. The maximum absolute atomic E-state index is 12.6. The summed E-state index contributed by atoms with van der Waals surface area (Å²) in [5.74, 6) is 1.22. The second kappa shape index (κ2) is 6.21. The summed E-state index contributed by atoms with van der Waals surface area (Å²) in [6, 6.07) is 9.52. The molecule has 6 heteroatoms. The van der Waals surface area contributed by atoms with E-state index in [9.17, 15) is 4.79 Å². The van der Waals surface area contributed by atoms with Gasteiger partial charge in [0.15, 0.2) is 5.82 Å². The van der Waals surface area contributed by atoms with E-state index in [1.165, 1.54) is 12.8 Å². The van der Waals surface area contributed by atoms with E-state index in [4.69, 9.17) is 4.74 Å². The number of hydrogen-bond acceptors (Lipinski definition) is 5. The Bertz CT molecular complexity index is 1160. The average Bonchev–Trinajstić information content (AvgIpc) is 3.33. The van der Waals surface area contributed by atoms with E-state index in [2.05, 4.69) is 15.0 Å². The zero-order chi connectivity index (χ0) is 17.5. The molecule has 0 saturated heterocycles. The number of pyridine rings is 1. The number of ether oxygens (including phenoxy) is 1. The van der Waals surface area contributed by atoms with Crippen LogP contribution in [0.3, 0.4) is 0 Å². The maximum Gasteiger partial charge on any atom is 0.259 e. The van der Waals surface area contributed by atoms with Crippen molar-refractivity contribution in [2.45, 2.75) is 31.8 Å². The Morgan fingerprint density at radius 2 is 2.04 bits per heavy atom. The first kappa shape index (κ1) is 15.5. The molecule has 4 aromatic rings. The molecule has 5 nitrogen and oxygen atoms in total. The van der Waals surface area contributed by atoms with Crippen LogP contribution < -0.4 is 10.3 Å². The minimum atomic E-state index is -0.172. The lowest BCUT2D eigenvalue weighted by molar-refractivity contribution is 0.210. The highest BCUT2D eigenvalue weighted by molar-refractivity contribution is 7.17. The molecule has 1 aromatic carbocycles. The number of aromatic amines is 1. The van der Waals surface area contributed by atoms with Gasteiger partial charge < -0.3 is 9.72 Å². The molecule has 0 amide bonds. The molecule has 1 aliphatic rings. The van der Waals surface area contributed by atoms with Crippen LogP contribution in [0.15, 0.2) is 46.7 Å². The minimum Gasteiger partial charge on any atom is -0.490 e. The monoisotopic (exact) mass is 363 g/mol. The summed E-state index contributed by atoms with van der Waals surface area (Å²) < 4.78 is 7.12. The van der Waals surface area contributed by atoms with Crippen LogP contribution in [0.1, 0.15) is 25.7 Å². The van der Waals surface area contributed by atoms with Gasteiger partial charge in [-0.25, -0.2) is 4.98 Å². The average molecular weight is 363 g/mol. The van der Waals surface area contributed by atoms with Crippen LogP contribution in [-0.2, 0) is 0 Å². The van der Waals surface area contributed by atoms with Crippen LogP contribution in [0.5, 0.6) is 5.75 Å². The summed E-state index contributed by atoms with van der Waals surface area (Å²) in [4.78, 5) is 24.5. The summed E-state index contributed by atoms with van der Waals surface area (Å²) >= 11 is 1.64. The molecule has 3 aromatic heterocycles. The van der Waals surface area contributed by atoms with Gasteiger partial charge >= 0.3 is 0 Å². The summed E-state index contributed by atoms with van der Waals surface area (Å²) in [6.07, 6.45) is 6.68. The number of aromatic nitrogens is 3. The highest BCUT2D eigenvalue weighted by Crippen LogP contribution is 2.27. The van der Waals surface area contributed by atoms with Gasteiger partial charge in [0.1, 0.15) is 11.4 Å². The number of H-pyrrole nitrogens is 1. The lowest BCUT2D eigenvalue weighted by Gasteiger charge is -2.13. The fourth-order valence-corrected chi connectivity index (χ4v) is 4.25. The van der Waals surface area contributed by atoms with Crippen molar-refractivity contribution in [2.24, 2.45) is 0 Å². The van der Waals surface area contributed by atoms with Gasteiger partial charge in [-0.05, 0) is 66.8 Å². The lowest BCUT2D eigenvalue weighted by atomic mass is 10.2. The third-order valence-corrected chi connectivity index (χ3v) is 5.73. The van der Waals surface area contributed by atoms with Crippen molar-refractivity contribution in [3.63, 3.8) is 0 Å². The fraction of sp³-hybridized carbons (Fsp3) is 0.250. The van der Waals surface area contributed by atoms with Crippen LogP contribution in [0.25, 0.3) is 32.5 Å². The fourth-order valence-electron chi connectivity index (χ4n) is 3.51. The van der Waals surface area contributed by atoms with E-state index < -0.39 is 0 Å². The number of benzene rings is 1. The van der Waals surface area contributed by atoms with Crippen molar-refractivity contribution >= 4 is 32.3 Å². The molecule has 26 heavy (non-hydrogen) atoms. The minimum absolute atomic E-state index is 0.172. The van der Waals surface area contributed by atoms with Crippen LogP contribution in [0.4, 0.5) is 0 Å². The largest absolute Gasteiger partial charge is 0.490 e. The lowest BCUT2D eigenvalue weighted by Crippen LogP contribution is -2.13. The summed E-state index contributed by atoms with van der Waals surface area (Å²) in [5.41, 5.74) is 1.14. The molecule has 1 fully saturated rings. The predicted molar refractivity (Wildman–Crippen MR) is 104 cm³/mol. The molecule has 0 radical (unpaired) electrons. The second-order valence-electron chi connectivity index (χ2n) is 6.65. The van der Waals surface area contributed by atoms with Crippen LogP contribution in [0, 0.1) is 0 Å². The normalized spacial score (nSPS) is 15.1. The Morgan fingerprint density at radius 1 is 1.15 bits per heavy atom. The molecule has 0 unspecified atom stereocenters. The van der Waals surface area contributed by atoms with E-state index in [0.29, 0.717) is 22.4 Å². The summed E-state index contributed by atoms with van der Waals surface area (Å²) in [5, 5.41) is 3.67. The number of thiophene rings is 1. The zero-order valence-corrected chi connectivity index (χ0v) is 14.9. The van der Waals surface area contributed by atoms with Crippen molar-refractivity contribution in [1.29, 1.82) is 0 Å². The zero-order valence-electron chi connectivity index (χ0n) is 14.1. The van der Waals surface area contributed by atoms with E-state index >= 15 is 0 Å². The Labute approximate surface area is 153 Å². The third-order valence-electron chi connectivity index (χ3n) is 4.86. The Hall–Kier alpha value is -2.73. The van der Waals surface area contributed by atoms with Crippen LogP contribution in [0.2, 0.25) is 0 Å². The quantitative estimate of drug-likeness (QED) is 0.581. The van der Waals surface area contributed by atoms with Crippen LogP contribution >= 0.6 is 11.3 Å². The molecule has 0 spiro atoms. The van der Waals surface area contributed by atoms with E-state index in [-0.39, 0.29) is 11.7 Å². The smallest absolute Gasteiger partial charge is 0.259 e. The topological polar surface area (TPSA) is 67.9 Å². The van der Waals surface area contributed by atoms with E-state index in [1.807, 2.05) is 35.8 Å². The van der Waals surface area contributed by atoms with Crippen molar-refractivity contribution in [1.82, 2.24) is 15.0 Å². The number of fused-ring (bicyclic) bond motifs is 2. The second-order valence-corrected chi connectivity index (χ2v) is 7.59. The number of nitrogens with zero attached hydrogens (tertiary/aromatic N) is 2. The van der Waals surface area contributed by atoms with Gasteiger partial charge in [-0.3, -0.25) is 9.78 Å². The third kappa shape index (κ3) is 2.76. The highest BCUT2D eigenvalue weighted by Gasteiger charge is 2.17. The molecule has 1 N–H and O–H groups in total. The molecule has 1 saturated carbocycles. The van der Waals surface area contributed by atoms with E-state index in [1.54, 1.807) is 17.4 Å². The van der Waals surface area contributed by atoms with Crippen molar-refractivity contribution in [3.05, 3.63) is 52.3 Å². The molecule has 0 atom stereocenters. The summed E-state index contributed by atoms with van der Waals surface area (Å²) in [6.45, 7) is 0. The molecule has 0 bridgehead atoms. The molecular formula is C20H17N3O2S. The molecular weight excluding hydrogens is 346 g/mol. The number of hydrogen-bond donors (Lipinski definition) is 1. The van der Waals surface area contributed by atoms with Crippen molar-refractivity contribution in [3.8, 4) is 17.3 Å². The number of rotatable bonds is 3. The Balaban J connectivity index is 1.54. The van der Waals surface area contributed by atoms with E-state index in [0.717, 1.165) is 28.7 Å². The van der Waals surface area contributed by atoms with Crippen molar-refractivity contribution in [2.75, 3.05) is 0 Å². The first-order valence-corrected chi connectivity index (χ1v) is 9.69. The molecule has 1 aliphatic carbocycles. The van der Waals surface area contributed by atoms with Gasteiger partial charge in [-0.2, -0.15) is 0 Å². The standard InChI is InChI=1S/C20H17N3O2S/c24-20-15-10-14(25-13-3-1-2-4-13)5-6-16(15)22-19(23-20)17-9-12-7-8-26-18(12)11-21-17/h5-11,13H,1-4H2,(H,22,23,24). The number of nitrogens with one attached hydrogen (secondary N) is 1. The highest BCUT2D eigenvalue weighted by atomic mass is 32.1. The maximum atomic E-state index is 12.6. The van der Waals surface area contributed by atoms with Gasteiger partial charge in [0.2, 0.25) is 0 Å². The predicted octanol–water partition coefficient (Wildman–Crippen LogP) is 4.52. The van der Waals surface area contributed by atoms with Crippen molar-refractivity contribution < 1.29 is 4.74 Å². The molecule has 3 heterocycles. The Kier molecular flexibility index (Phi) is 3.71. The van der Waals surface area contributed by atoms with Gasteiger partial charge in [0.05, 0.1) is 21.7 Å². The van der Waals surface area contributed by atoms with Gasteiger partial charge in [0.25, 0.3) is 5.56 Å². The molecule has 0 aliphatic heterocycles. The van der Waals surface area contributed by atoms with Gasteiger partial charge in [0, 0.05) is 6.20 Å². The summed E-state index contributed by atoms with van der Waals surface area (Å²) in [7, 11) is 0. The molecule has 130 valence electrons. The Morgan fingerprint density at radius 3 is 2.92 bits per heavy atom. The first-order chi connectivity index (χ1) is 12.8.